The van der Waals surface area contributed by atoms with E-state index in [9.17, 15) is 14.3 Å². The first-order valence-electron chi connectivity index (χ1n) is 5.39. The number of alkyl halides is 1. The van der Waals surface area contributed by atoms with Crippen LogP contribution in [0.5, 0.6) is 0 Å². The summed E-state index contributed by atoms with van der Waals surface area (Å²) in [7, 11) is 0. The largest absolute Gasteiger partial charge is 0.382 e. The Morgan fingerprint density at radius 1 is 1.35 bits per heavy atom. The van der Waals surface area contributed by atoms with Gasteiger partial charge in [-0.1, -0.05) is 36.9 Å². The van der Waals surface area contributed by atoms with Crippen LogP contribution in [0.25, 0.3) is 0 Å². The van der Waals surface area contributed by atoms with Gasteiger partial charge in [0.25, 0.3) is 0 Å². The van der Waals surface area contributed by atoms with Crippen LogP contribution in [0.1, 0.15) is 36.7 Å². The summed E-state index contributed by atoms with van der Waals surface area (Å²) in [6, 6.07) is 6.26. The minimum Gasteiger partial charge on any atom is -0.382 e. The van der Waals surface area contributed by atoms with Crippen molar-refractivity contribution in [3.63, 3.8) is 0 Å². The number of halogens is 1. The second kappa shape index (κ2) is 4.41. The SMILES string of the molecule is C=CC(C)(F)[C@@](C)(O)c1ccc(C(C)=O)cc1. The summed E-state index contributed by atoms with van der Waals surface area (Å²) in [6.07, 6.45) is 1.08. The highest BCUT2D eigenvalue weighted by Crippen LogP contribution is 2.36. The quantitative estimate of drug-likeness (QED) is 0.644. The molecule has 1 aromatic rings. The second-order valence-electron chi connectivity index (χ2n) is 4.49. The summed E-state index contributed by atoms with van der Waals surface area (Å²) in [4.78, 5) is 11.1. The number of carbonyl (C=O) groups excluding carboxylic acids is 1. The maximum Gasteiger partial charge on any atom is 0.159 e. The Labute approximate surface area is 101 Å². The first-order chi connectivity index (χ1) is 7.72. The van der Waals surface area contributed by atoms with Crippen molar-refractivity contribution in [1.82, 2.24) is 0 Å². The zero-order valence-electron chi connectivity index (χ0n) is 10.3. The molecule has 0 spiro atoms. The molecule has 0 saturated carbocycles. The molecule has 2 atom stereocenters. The van der Waals surface area contributed by atoms with Gasteiger partial charge in [0.1, 0.15) is 5.60 Å². The highest BCUT2D eigenvalue weighted by atomic mass is 19.1. The highest BCUT2D eigenvalue weighted by molar-refractivity contribution is 5.94. The predicted octanol–water partition coefficient (Wildman–Crippen LogP) is 3.01. The van der Waals surface area contributed by atoms with Crippen LogP contribution in [0.3, 0.4) is 0 Å². The number of rotatable bonds is 4. The molecule has 92 valence electrons. The lowest BCUT2D eigenvalue weighted by Gasteiger charge is -2.34. The molecule has 1 unspecified atom stereocenters. The molecule has 2 nitrogen and oxygen atoms in total. The number of Topliss-reactive ketones (excluding diaryl/α,β-unsaturated/α-hetero) is 1. The lowest BCUT2D eigenvalue weighted by atomic mass is 9.81. The fraction of sp³-hybridized carbons (Fsp3) is 0.357. The summed E-state index contributed by atoms with van der Waals surface area (Å²) >= 11 is 0. The number of carbonyl (C=O) groups is 1. The van der Waals surface area contributed by atoms with E-state index in [1.165, 1.54) is 20.8 Å². The van der Waals surface area contributed by atoms with Crippen LogP contribution in [0.2, 0.25) is 0 Å². The van der Waals surface area contributed by atoms with Gasteiger partial charge in [-0.15, -0.1) is 0 Å². The van der Waals surface area contributed by atoms with Gasteiger partial charge in [0.05, 0.1) is 0 Å². The molecule has 0 aliphatic heterocycles. The molecular weight excluding hydrogens is 219 g/mol. The average molecular weight is 236 g/mol. The Balaban J connectivity index is 3.16. The second-order valence-corrected chi connectivity index (χ2v) is 4.49. The molecule has 3 heteroatoms. The molecule has 0 heterocycles. The Kier molecular flexibility index (Phi) is 3.53. The Bertz CT molecular complexity index is 430. The maximum atomic E-state index is 14.1. The summed E-state index contributed by atoms with van der Waals surface area (Å²) in [5.41, 5.74) is -2.68. The van der Waals surface area contributed by atoms with Crippen LogP contribution in [-0.4, -0.2) is 16.6 Å². The van der Waals surface area contributed by atoms with Gasteiger partial charge in [0.15, 0.2) is 11.5 Å². The first-order valence-corrected chi connectivity index (χ1v) is 5.39. The van der Waals surface area contributed by atoms with Crippen molar-refractivity contribution in [2.24, 2.45) is 0 Å². The van der Waals surface area contributed by atoms with Crippen molar-refractivity contribution in [2.75, 3.05) is 0 Å². The molecule has 0 fully saturated rings. The van der Waals surface area contributed by atoms with Gasteiger partial charge in [-0.2, -0.15) is 0 Å². The van der Waals surface area contributed by atoms with Crippen molar-refractivity contribution in [1.29, 1.82) is 0 Å². The molecule has 0 saturated heterocycles. The average Bonchev–Trinajstić information content (AvgIpc) is 2.28. The Hall–Kier alpha value is -1.48. The summed E-state index contributed by atoms with van der Waals surface area (Å²) in [5.74, 6) is -0.0667. The lowest BCUT2D eigenvalue weighted by molar-refractivity contribution is -0.0593. The van der Waals surface area contributed by atoms with Gasteiger partial charge < -0.3 is 5.11 Å². The van der Waals surface area contributed by atoms with Crippen molar-refractivity contribution in [3.05, 3.63) is 48.0 Å². The number of aliphatic hydroxyl groups is 1. The third-order valence-corrected chi connectivity index (χ3v) is 3.19. The van der Waals surface area contributed by atoms with Crippen molar-refractivity contribution >= 4 is 5.78 Å². The van der Waals surface area contributed by atoms with Gasteiger partial charge in [-0.25, -0.2) is 4.39 Å². The predicted molar refractivity (Wildman–Crippen MR) is 65.7 cm³/mol. The third kappa shape index (κ3) is 2.44. The molecule has 0 aliphatic carbocycles. The minimum absolute atomic E-state index is 0.0667. The molecule has 0 aromatic heterocycles. The van der Waals surface area contributed by atoms with Crippen LogP contribution >= 0.6 is 0 Å². The number of benzene rings is 1. The topological polar surface area (TPSA) is 37.3 Å². The molecule has 0 aliphatic rings. The Morgan fingerprint density at radius 2 is 1.82 bits per heavy atom. The normalized spacial score (nSPS) is 17.9. The van der Waals surface area contributed by atoms with E-state index in [-0.39, 0.29) is 5.78 Å². The van der Waals surface area contributed by atoms with Gasteiger partial charge in [-0.3, -0.25) is 4.79 Å². The Morgan fingerprint density at radius 3 is 2.18 bits per heavy atom. The molecule has 0 amide bonds. The standard InChI is InChI=1S/C14H17FO2/c1-5-13(3,15)14(4,17)12-8-6-11(7-9-12)10(2)16/h5-9,17H,1H2,2-4H3/t13?,14-/m0/s1. The smallest absolute Gasteiger partial charge is 0.159 e. The zero-order chi connectivity index (χ0) is 13.3. The van der Waals surface area contributed by atoms with Crippen molar-refractivity contribution < 1.29 is 14.3 Å². The molecule has 0 bridgehead atoms. The zero-order valence-corrected chi connectivity index (χ0v) is 10.3. The van der Waals surface area contributed by atoms with E-state index in [4.69, 9.17) is 0 Å². The van der Waals surface area contributed by atoms with E-state index in [2.05, 4.69) is 6.58 Å². The van der Waals surface area contributed by atoms with Gasteiger partial charge in [0.2, 0.25) is 0 Å². The minimum atomic E-state index is -1.94. The summed E-state index contributed by atoms with van der Waals surface area (Å²) < 4.78 is 14.1. The van der Waals surface area contributed by atoms with E-state index in [1.54, 1.807) is 24.3 Å². The third-order valence-electron chi connectivity index (χ3n) is 3.19. The maximum absolute atomic E-state index is 14.1. The first kappa shape index (κ1) is 13.6. The van der Waals surface area contributed by atoms with Crippen LogP contribution in [-0.2, 0) is 5.60 Å². The summed E-state index contributed by atoms with van der Waals surface area (Å²) in [6.45, 7) is 7.48. The fourth-order valence-corrected chi connectivity index (χ4v) is 1.51. The number of hydrogen-bond acceptors (Lipinski definition) is 2. The molecule has 17 heavy (non-hydrogen) atoms. The molecular formula is C14H17FO2. The van der Waals surface area contributed by atoms with Crippen LogP contribution in [0.4, 0.5) is 4.39 Å². The van der Waals surface area contributed by atoms with Gasteiger partial charge in [0, 0.05) is 5.56 Å². The molecule has 0 radical (unpaired) electrons. The van der Waals surface area contributed by atoms with E-state index >= 15 is 0 Å². The van der Waals surface area contributed by atoms with E-state index in [0.29, 0.717) is 11.1 Å². The molecule has 1 N–H and O–H groups in total. The summed E-state index contributed by atoms with van der Waals surface area (Å²) in [5, 5.41) is 10.2. The number of hydrogen-bond donors (Lipinski definition) is 1. The highest BCUT2D eigenvalue weighted by Gasteiger charge is 2.42. The van der Waals surface area contributed by atoms with Crippen LogP contribution in [0, 0.1) is 0 Å². The fourth-order valence-electron chi connectivity index (χ4n) is 1.51. The van der Waals surface area contributed by atoms with Crippen LogP contribution < -0.4 is 0 Å². The number of ketones is 1. The molecule has 1 aromatic carbocycles. The monoisotopic (exact) mass is 236 g/mol. The van der Waals surface area contributed by atoms with Gasteiger partial charge in [-0.05, 0) is 26.3 Å². The van der Waals surface area contributed by atoms with E-state index < -0.39 is 11.3 Å². The van der Waals surface area contributed by atoms with E-state index in [1.807, 2.05) is 0 Å². The van der Waals surface area contributed by atoms with Crippen LogP contribution in [0.15, 0.2) is 36.9 Å². The van der Waals surface area contributed by atoms with Crippen molar-refractivity contribution in [2.45, 2.75) is 32.0 Å². The van der Waals surface area contributed by atoms with Crippen molar-refractivity contribution in [3.8, 4) is 0 Å². The van der Waals surface area contributed by atoms with Gasteiger partial charge >= 0.3 is 0 Å². The lowest BCUT2D eigenvalue weighted by Crippen LogP contribution is -2.42. The van der Waals surface area contributed by atoms with E-state index in [0.717, 1.165) is 6.08 Å². The molecule has 1 rings (SSSR count).